The molecule has 0 amide bonds. The molecule has 3 heteroatoms. The van der Waals surface area contributed by atoms with E-state index < -0.39 is 12.0 Å². The van der Waals surface area contributed by atoms with Gasteiger partial charge in [-0.05, 0) is 25.7 Å². The molecule has 0 saturated heterocycles. The van der Waals surface area contributed by atoms with Crippen molar-refractivity contribution in [1.82, 2.24) is 5.32 Å². The molecule has 76 valence electrons. The molecule has 1 aliphatic carbocycles. The zero-order valence-corrected chi connectivity index (χ0v) is 8.42. The fourth-order valence-electron chi connectivity index (χ4n) is 1.96. The van der Waals surface area contributed by atoms with Crippen molar-refractivity contribution in [2.24, 2.45) is 5.92 Å². The minimum Gasteiger partial charge on any atom is -0.480 e. The predicted molar refractivity (Wildman–Crippen MR) is 51.7 cm³/mol. The van der Waals surface area contributed by atoms with Gasteiger partial charge in [-0.25, -0.2) is 0 Å². The third-order valence-electron chi connectivity index (χ3n) is 2.95. The van der Waals surface area contributed by atoms with Gasteiger partial charge in [-0.2, -0.15) is 0 Å². The first-order valence-corrected chi connectivity index (χ1v) is 5.10. The van der Waals surface area contributed by atoms with Gasteiger partial charge in [0.15, 0.2) is 0 Å². The Balaban J connectivity index is 2.37. The number of hydrogen-bond donors (Lipinski definition) is 2. The van der Waals surface area contributed by atoms with Gasteiger partial charge in [-0.15, -0.1) is 0 Å². The zero-order valence-electron chi connectivity index (χ0n) is 8.42. The largest absolute Gasteiger partial charge is 0.480 e. The second-order valence-corrected chi connectivity index (χ2v) is 4.09. The van der Waals surface area contributed by atoms with Crippen LogP contribution in [0.2, 0.25) is 0 Å². The monoisotopic (exact) mass is 185 g/mol. The highest BCUT2D eigenvalue weighted by molar-refractivity contribution is 5.72. The summed E-state index contributed by atoms with van der Waals surface area (Å²) in [7, 11) is 0. The highest BCUT2D eigenvalue weighted by Crippen LogP contribution is 2.23. The Labute approximate surface area is 79.5 Å². The van der Waals surface area contributed by atoms with Gasteiger partial charge in [0.1, 0.15) is 6.04 Å². The first-order valence-electron chi connectivity index (χ1n) is 5.10. The van der Waals surface area contributed by atoms with Gasteiger partial charge in [0.05, 0.1) is 0 Å². The minimum absolute atomic E-state index is 0.403. The lowest BCUT2D eigenvalue weighted by atomic mass is 9.85. The summed E-state index contributed by atoms with van der Waals surface area (Å²) >= 11 is 0. The molecule has 1 rings (SSSR count). The first-order chi connectivity index (χ1) is 6.11. The van der Waals surface area contributed by atoms with Gasteiger partial charge in [0.25, 0.3) is 0 Å². The van der Waals surface area contributed by atoms with Crippen LogP contribution in [0.15, 0.2) is 0 Å². The molecule has 0 aromatic heterocycles. The number of rotatable bonds is 3. The van der Waals surface area contributed by atoms with E-state index in [0.29, 0.717) is 12.0 Å². The summed E-state index contributed by atoms with van der Waals surface area (Å²) in [6.45, 7) is 3.91. The summed E-state index contributed by atoms with van der Waals surface area (Å²) < 4.78 is 0. The van der Waals surface area contributed by atoms with Crippen molar-refractivity contribution in [2.45, 2.75) is 51.6 Å². The lowest BCUT2D eigenvalue weighted by Crippen LogP contribution is -2.45. The van der Waals surface area contributed by atoms with Crippen molar-refractivity contribution in [3.8, 4) is 0 Å². The molecule has 1 fully saturated rings. The molecule has 3 unspecified atom stereocenters. The van der Waals surface area contributed by atoms with Crippen LogP contribution in [0.1, 0.15) is 39.5 Å². The SMILES string of the molecule is CC(NC1CCCCC1C)C(=O)O. The van der Waals surface area contributed by atoms with E-state index in [4.69, 9.17) is 5.11 Å². The van der Waals surface area contributed by atoms with Crippen LogP contribution in [-0.2, 0) is 4.79 Å². The van der Waals surface area contributed by atoms with E-state index in [-0.39, 0.29) is 0 Å². The number of aliphatic carboxylic acids is 1. The third-order valence-corrected chi connectivity index (χ3v) is 2.95. The van der Waals surface area contributed by atoms with E-state index in [2.05, 4.69) is 12.2 Å². The Hall–Kier alpha value is -0.570. The maximum Gasteiger partial charge on any atom is 0.320 e. The van der Waals surface area contributed by atoms with E-state index >= 15 is 0 Å². The van der Waals surface area contributed by atoms with Crippen molar-refractivity contribution in [3.05, 3.63) is 0 Å². The number of nitrogens with one attached hydrogen (secondary N) is 1. The minimum atomic E-state index is -0.752. The lowest BCUT2D eigenvalue weighted by molar-refractivity contribution is -0.139. The lowest BCUT2D eigenvalue weighted by Gasteiger charge is -2.31. The Bertz CT molecular complexity index is 182. The molecule has 0 bridgehead atoms. The molecular formula is C10H19NO2. The van der Waals surface area contributed by atoms with Gasteiger partial charge in [0.2, 0.25) is 0 Å². The molecule has 2 N–H and O–H groups in total. The highest BCUT2D eigenvalue weighted by atomic mass is 16.4. The van der Waals surface area contributed by atoms with Crippen LogP contribution in [0.4, 0.5) is 0 Å². The molecule has 0 heterocycles. The second kappa shape index (κ2) is 4.61. The van der Waals surface area contributed by atoms with Crippen LogP contribution in [-0.4, -0.2) is 23.2 Å². The standard InChI is InChI=1S/C10H19NO2/c1-7-5-3-4-6-9(7)11-8(2)10(12)13/h7-9,11H,3-6H2,1-2H3,(H,12,13). The summed E-state index contributed by atoms with van der Waals surface area (Å²) in [5, 5.41) is 11.9. The summed E-state index contributed by atoms with van der Waals surface area (Å²) in [5.74, 6) is -0.131. The Morgan fingerprint density at radius 2 is 2.08 bits per heavy atom. The van der Waals surface area contributed by atoms with Gasteiger partial charge < -0.3 is 10.4 Å². The van der Waals surface area contributed by atoms with Crippen LogP contribution < -0.4 is 5.32 Å². The van der Waals surface area contributed by atoms with E-state index in [1.165, 1.54) is 19.3 Å². The van der Waals surface area contributed by atoms with E-state index in [1.807, 2.05) is 0 Å². The Kier molecular flexibility index (Phi) is 3.72. The van der Waals surface area contributed by atoms with Crippen LogP contribution in [0.3, 0.4) is 0 Å². The highest BCUT2D eigenvalue weighted by Gasteiger charge is 2.24. The second-order valence-electron chi connectivity index (χ2n) is 4.09. The average molecular weight is 185 g/mol. The van der Waals surface area contributed by atoms with Gasteiger partial charge in [-0.1, -0.05) is 19.8 Å². The maximum absolute atomic E-state index is 10.6. The Morgan fingerprint density at radius 1 is 1.46 bits per heavy atom. The average Bonchev–Trinajstić information content (AvgIpc) is 2.08. The van der Waals surface area contributed by atoms with Crippen LogP contribution in [0.5, 0.6) is 0 Å². The molecule has 1 aliphatic rings. The molecule has 1 saturated carbocycles. The van der Waals surface area contributed by atoms with Crippen LogP contribution >= 0.6 is 0 Å². The topological polar surface area (TPSA) is 49.3 Å². The maximum atomic E-state index is 10.6. The third kappa shape index (κ3) is 2.99. The number of carbonyl (C=O) groups is 1. The van der Waals surface area contributed by atoms with Crippen LogP contribution in [0, 0.1) is 5.92 Å². The molecule has 3 atom stereocenters. The van der Waals surface area contributed by atoms with E-state index in [9.17, 15) is 4.79 Å². The summed E-state index contributed by atoms with van der Waals surface area (Å²) in [6, 6.07) is -0.00889. The van der Waals surface area contributed by atoms with Gasteiger partial charge in [0, 0.05) is 6.04 Å². The van der Waals surface area contributed by atoms with Crippen molar-refractivity contribution in [2.75, 3.05) is 0 Å². The molecular weight excluding hydrogens is 166 g/mol. The molecule has 0 radical (unpaired) electrons. The zero-order chi connectivity index (χ0) is 9.84. The van der Waals surface area contributed by atoms with Crippen molar-refractivity contribution in [3.63, 3.8) is 0 Å². The quantitative estimate of drug-likeness (QED) is 0.702. The fourth-order valence-corrected chi connectivity index (χ4v) is 1.96. The van der Waals surface area contributed by atoms with Crippen molar-refractivity contribution in [1.29, 1.82) is 0 Å². The fraction of sp³-hybridized carbons (Fsp3) is 0.900. The van der Waals surface area contributed by atoms with Crippen molar-refractivity contribution >= 4 is 5.97 Å². The summed E-state index contributed by atoms with van der Waals surface area (Å²) in [6.07, 6.45) is 4.87. The number of carboxylic acids is 1. The smallest absolute Gasteiger partial charge is 0.320 e. The van der Waals surface area contributed by atoms with Gasteiger partial charge in [-0.3, -0.25) is 4.79 Å². The van der Waals surface area contributed by atoms with Crippen LogP contribution in [0.25, 0.3) is 0 Å². The van der Waals surface area contributed by atoms with E-state index in [1.54, 1.807) is 6.92 Å². The van der Waals surface area contributed by atoms with E-state index in [0.717, 1.165) is 6.42 Å². The molecule has 13 heavy (non-hydrogen) atoms. The number of carboxylic acid groups (broad SMARTS) is 1. The molecule has 0 aromatic rings. The molecule has 0 aromatic carbocycles. The van der Waals surface area contributed by atoms with Gasteiger partial charge >= 0.3 is 5.97 Å². The normalized spacial score (nSPS) is 31.2. The summed E-state index contributed by atoms with van der Waals surface area (Å²) in [4.78, 5) is 10.6. The molecule has 0 spiro atoms. The molecule has 3 nitrogen and oxygen atoms in total. The predicted octanol–water partition coefficient (Wildman–Crippen LogP) is 1.63. The molecule has 0 aliphatic heterocycles. The van der Waals surface area contributed by atoms with Crippen molar-refractivity contribution < 1.29 is 9.90 Å². The number of hydrogen-bond acceptors (Lipinski definition) is 2. The first kappa shape index (κ1) is 10.5. The summed E-state index contributed by atoms with van der Waals surface area (Å²) in [5.41, 5.74) is 0. The Morgan fingerprint density at radius 3 is 2.62 bits per heavy atom.